The number of rotatable bonds is 5. The molecule has 0 unspecified atom stereocenters. The van der Waals surface area contributed by atoms with E-state index in [1.54, 1.807) is 25.1 Å². The Bertz CT molecular complexity index is 732. The highest BCUT2D eigenvalue weighted by molar-refractivity contribution is 5.97. The third-order valence-electron chi connectivity index (χ3n) is 3.20. The molecule has 23 heavy (non-hydrogen) atoms. The average Bonchev–Trinajstić information content (AvgIpc) is 2.56. The molecule has 0 radical (unpaired) electrons. The van der Waals surface area contributed by atoms with E-state index in [0.29, 0.717) is 17.7 Å². The van der Waals surface area contributed by atoms with Crippen molar-refractivity contribution in [3.05, 3.63) is 65.2 Å². The number of carbonyl (C=O) groups is 2. The first kappa shape index (κ1) is 16.6. The maximum absolute atomic E-state index is 13.5. The van der Waals surface area contributed by atoms with E-state index in [2.05, 4.69) is 10.6 Å². The van der Waals surface area contributed by atoms with Gasteiger partial charge in [-0.05, 0) is 24.3 Å². The minimum absolute atomic E-state index is 0.0637. The number of benzene rings is 2. The Balaban J connectivity index is 2.04. The number of halogens is 2. The Labute approximate surface area is 132 Å². The van der Waals surface area contributed by atoms with Crippen molar-refractivity contribution in [1.29, 1.82) is 0 Å². The zero-order valence-electron chi connectivity index (χ0n) is 12.5. The molecule has 2 amide bonds. The topological polar surface area (TPSA) is 58.2 Å². The molecule has 0 heterocycles. The van der Waals surface area contributed by atoms with Gasteiger partial charge in [-0.2, -0.15) is 0 Å². The summed E-state index contributed by atoms with van der Waals surface area (Å²) in [5.41, 5.74) is 0.881. The number of amides is 2. The summed E-state index contributed by atoms with van der Waals surface area (Å²) in [5, 5.41) is 5.17. The minimum atomic E-state index is -0.975. The molecule has 0 fully saturated rings. The molecule has 0 aliphatic carbocycles. The number of nitrogens with one attached hydrogen (secondary N) is 2. The fraction of sp³-hybridized carbons (Fsp3) is 0.176. The highest BCUT2D eigenvalue weighted by Crippen LogP contribution is 2.13. The summed E-state index contributed by atoms with van der Waals surface area (Å²) in [6.07, 6.45) is 0.329. The van der Waals surface area contributed by atoms with Crippen LogP contribution in [-0.2, 0) is 11.3 Å². The van der Waals surface area contributed by atoms with Gasteiger partial charge in [0.1, 0.15) is 0 Å². The third-order valence-corrected chi connectivity index (χ3v) is 3.20. The van der Waals surface area contributed by atoms with Gasteiger partial charge < -0.3 is 10.6 Å². The van der Waals surface area contributed by atoms with Gasteiger partial charge in [-0.15, -0.1) is 0 Å². The van der Waals surface area contributed by atoms with Crippen LogP contribution in [0, 0.1) is 11.6 Å². The van der Waals surface area contributed by atoms with E-state index in [0.717, 1.165) is 6.07 Å². The van der Waals surface area contributed by atoms with Gasteiger partial charge in [-0.1, -0.05) is 25.1 Å². The lowest BCUT2D eigenvalue weighted by Gasteiger charge is -2.09. The standard InChI is InChI=1S/C17H16F2N2O2/c1-2-15(22)21-13-7-3-5-11(9-13)17(23)20-10-12-6-4-8-14(18)16(12)19/h3-9H,2,10H2,1H3,(H,20,23)(H,21,22). The first-order valence-corrected chi connectivity index (χ1v) is 7.12. The second-order valence-electron chi connectivity index (χ2n) is 4.88. The molecule has 4 nitrogen and oxygen atoms in total. The molecule has 2 aromatic carbocycles. The second kappa shape index (κ2) is 7.49. The largest absolute Gasteiger partial charge is 0.348 e. The lowest BCUT2D eigenvalue weighted by Crippen LogP contribution is -2.23. The van der Waals surface area contributed by atoms with Crippen LogP contribution in [0.15, 0.2) is 42.5 Å². The van der Waals surface area contributed by atoms with E-state index < -0.39 is 17.5 Å². The minimum Gasteiger partial charge on any atom is -0.348 e. The fourth-order valence-electron chi connectivity index (χ4n) is 1.95. The predicted octanol–water partition coefficient (Wildman–Crippen LogP) is 3.24. The van der Waals surface area contributed by atoms with Crippen LogP contribution in [0.2, 0.25) is 0 Å². The number of carbonyl (C=O) groups excluding carboxylic acids is 2. The van der Waals surface area contributed by atoms with Crippen molar-refractivity contribution in [2.24, 2.45) is 0 Å². The van der Waals surface area contributed by atoms with Gasteiger partial charge in [0.15, 0.2) is 11.6 Å². The van der Waals surface area contributed by atoms with Crippen LogP contribution in [0.1, 0.15) is 29.3 Å². The summed E-state index contributed by atoms with van der Waals surface area (Å²) in [5.74, 6) is -2.54. The molecular formula is C17H16F2N2O2. The molecule has 0 saturated carbocycles. The van der Waals surface area contributed by atoms with Crippen molar-refractivity contribution in [2.75, 3.05) is 5.32 Å². The summed E-state index contributed by atoms with van der Waals surface area (Å²) in [7, 11) is 0. The Kier molecular flexibility index (Phi) is 5.41. The van der Waals surface area contributed by atoms with Crippen LogP contribution in [0.3, 0.4) is 0 Å². The Morgan fingerprint density at radius 2 is 1.83 bits per heavy atom. The highest BCUT2D eigenvalue weighted by atomic mass is 19.2. The lowest BCUT2D eigenvalue weighted by atomic mass is 10.1. The van der Waals surface area contributed by atoms with E-state index in [4.69, 9.17) is 0 Å². The normalized spacial score (nSPS) is 10.2. The van der Waals surface area contributed by atoms with E-state index in [1.165, 1.54) is 18.2 Å². The molecule has 2 N–H and O–H groups in total. The lowest BCUT2D eigenvalue weighted by molar-refractivity contribution is -0.115. The quantitative estimate of drug-likeness (QED) is 0.889. The van der Waals surface area contributed by atoms with Crippen LogP contribution >= 0.6 is 0 Å². The monoisotopic (exact) mass is 318 g/mol. The number of anilines is 1. The maximum atomic E-state index is 13.5. The van der Waals surface area contributed by atoms with E-state index >= 15 is 0 Å². The Hall–Kier alpha value is -2.76. The van der Waals surface area contributed by atoms with Crippen molar-refractivity contribution in [3.63, 3.8) is 0 Å². The SMILES string of the molecule is CCC(=O)Nc1cccc(C(=O)NCc2cccc(F)c2F)c1. The molecule has 0 aliphatic rings. The van der Waals surface area contributed by atoms with Crippen LogP contribution in [0.5, 0.6) is 0 Å². The highest BCUT2D eigenvalue weighted by Gasteiger charge is 2.11. The summed E-state index contributed by atoms with van der Waals surface area (Å²) in [4.78, 5) is 23.4. The van der Waals surface area contributed by atoms with Gasteiger partial charge in [0.2, 0.25) is 5.91 Å². The fourth-order valence-corrected chi connectivity index (χ4v) is 1.95. The van der Waals surface area contributed by atoms with Crippen LogP contribution in [-0.4, -0.2) is 11.8 Å². The average molecular weight is 318 g/mol. The molecule has 0 spiro atoms. The van der Waals surface area contributed by atoms with Gasteiger partial charge in [0.05, 0.1) is 0 Å². The first-order chi connectivity index (χ1) is 11.0. The molecule has 2 rings (SSSR count). The molecular weight excluding hydrogens is 302 g/mol. The Morgan fingerprint density at radius 3 is 2.57 bits per heavy atom. The molecule has 120 valence electrons. The zero-order valence-corrected chi connectivity index (χ0v) is 12.5. The van der Waals surface area contributed by atoms with E-state index in [9.17, 15) is 18.4 Å². The van der Waals surface area contributed by atoms with Gasteiger partial charge in [0, 0.05) is 29.8 Å². The molecule has 6 heteroatoms. The smallest absolute Gasteiger partial charge is 0.251 e. The Morgan fingerprint density at radius 1 is 1.09 bits per heavy atom. The molecule has 0 aromatic heterocycles. The van der Waals surface area contributed by atoms with Crippen LogP contribution in [0.4, 0.5) is 14.5 Å². The molecule has 0 saturated heterocycles. The van der Waals surface area contributed by atoms with Gasteiger partial charge in [-0.25, -0.2) is 8.78 Å². The molecule has 0 atom stereocenters. The predicted molar refractivity (Wildman–Crippen MR) is 82.9 cm³/mol. The summed E-state index contributed by atoms with van der Waals surface area (Å²) < 4.78 is 26.6. The summed E-state index contributed by atoms with van der Waals surface area (Å²) in [6, 6.07) is 10.2. The summed E-state index contributed by atoms with van der Waals surface area (Å²) >= 11 is 0. The van der Waals surface area contributed by atoms with Gasteiger partial charge in [0.25, 0.3) is 5.91 Å². The maximum Gasteiger partial charge on any atom is 0.251 e. The van der Waals surface area contributed by atoms with Crippen LogP contribution < -0.4 is 10.6 Å². The molecule has 2 aromatic rings. The van der Waals surface area contributed by atoms with Crippen molar-refractivity contribution < 1.29 is 18.4 Å². The molecule has 0 bridgehead atoms. The summed E-state index contributed by atoms with van der Waals surface area (Å²) in [6.45, 7) is 1.59. The van der Waals surface area contributed by atoms with Crippen LogP contribution in [0.25, 0.3) is 0 Å². The van der Waals surface area contributed by atoms with E-state index in [-0.39, 0.29) is 18.0 Å². The van der Waals surface area contributed by atoms with Crippen molar-refractivity contribution in [2.45, 2.75) is 19.9 Å². The van der Waals surface area contributed by atoms with E-state index in [1.807, 2.05) is 0 Å². The van der Waals surface area contributed by atoms with Crippen molar-refractivity contribution in [1.82, 2.24) is 5.32 Å². The second-order valence-corrected chi connectivity index (χ2v) is 4.88. The zero-order chi connectivity index (χ0) is 16.8. The van der Waals surface area contributed by atoms with Crippen molar-refractivity contribution in [3.8, 4) is 0 Å². The van der Waals surface area contributed by atoms with Gasteiger partial charge in [-0.3, -0.25) is 9.59 Å². The van der Waals surface area contributed by atoms with Crippen molar-refractivity contribution >= 4 is 17.5 Å². The number of hydrogen-bond donors (Lipinski definition) is 2. The first-order valence-electron chi connectivity index (χ1n) is 7.12. The third kappa shape index (κ3) is 4.35. The van der Waals surface area contributed by atoms with Gasteiger partial charge >= 0.3 is 0 Å². The molecule has 0 aliphatic heterocycles. The number of hydrogen-bond acceptors (Lipinski definition) is 2.